The Morgan fingerprint density at radius 2 is 1.93 bits per heavy atom. The lowest BCUT2D eigenvalue weighted by atomic mass is 10.1. The molecule has 0 bridgehead atoms. The Hall–Kier alpha value is -2.82. The first-order valence-corrected chi connectivity index (χ1v) is 9.45. The van der Waals surface area contributed by atoms with Gasteiger partial charge in [-0.2, -0.15) is 4.98 Å². The maximum absolute atomic E-state index is 5.47. The normalized spacial score (nSPS) is 14.9. The number of rotatable bonds is 5. The van der Waals surface area contributed by atoms with E-state index >= 15 is 0 Å². The van der Waals surface area contributed by atoms with E-state index in [2.05, 4.69) is 49.3 Å². The van der Waals surface area contributed by atoms with Gasteiger partial charge in [0.15, 0.2) is 0 Å². The molecule has 28 heavy (non-hydrogen) atoms. The van der Waals surface area contributed by atoms with Crippen LogP contribution in [0.25, 0.3) is 0 Å². The number of benzene rings is 1. The number of nitrogens with zero attached hydrogens (tertiary/aromatic N) is 4. The summed E-state index contributed by atoms with van der Waals surface area (Å²) in [6.45, 7) is 7.01. The van der Waals surface area contributed by atoms with Crippen LogP contribution < -0.4 is 15.4 Å². The minimum Gasteiger partial charge on any atom is -0.495 e. The lowest BCUT2D eigenvalue weighted by molar-refractivity contribution is 0.168. The second kappa shape index (κ2) is 9.40. The number of hydrogen-bond acceptors (Lipinski definition) is 7. The van der Waals surface area contributed by atoms with Crippen molar-refractivity contribution in [1.29, 1.82) is 0 Å². The molecule has 0 unspecified atom stereocenters. The monoisotopic (exact) mass is 380 g/mol. The molecule has 0 spiro atoms. The van der Waals surface area contributed by atoms with Crippen LogP contribution in [-0.2, 0) is 0 Å². The Labute approximate surface area is 167 Å². The molecular formula is C21H28N6O. The molecule has 0 amide bonds. The molecule has 0 aliphatic carbocycles. The molecule has 7 nitrogen and oxygen atoms in total. The zero-order valence-corrected chi connectivity index (χ0v) is 17.0. The SMILES string of the molecule is CNc1cc(C)nc(Nc2ccc(OC)c(C#CCN3CCN(C)CC3)c2)n1. The average Bonchev–Trinajstić information content (AvgIpc) is 2.69. The Morgan fingerprint density at radius 3 is 2.64 bits per heavy atom. The molecular weight excluding hydrogens is 352 g/mol. The van der Waals surface area contributed by atoms with Crippen LogP contribution in [0.2, 0.25) is 0 Å². The Balaban J connectivity index is 1.73. The van der Waals surface area contributed by atoms with Gasteiger partial charge in [-0.3, -0.25) is 4.90 Å². The predicted molar refractivity (Wildman–Crippen MR) is 113 cm³/mol. The molecule has 1 fully saturated rings. The van der Waals surface area contributed by atoms with Gasteiger partial charge in [0.1, 0.15) is 11.6 Å². The van der Waals surface area contributed by atoms with Crippen LogP contribution in [0.15, 0.2) is 24.3 Å². The van der Waals surface area contributed by atoms with Crippen LogP contribution in [0.1, 0.15) is 11.3 Å². The van der Waals surface area contributed by atoms with Crippen molar-refractivity contribution in [2.75, 3.05) is 64.6 Å². The zero-order chi connectivity index (χ0) is 19.9. The van der Waals surface area contributed by atoms with Gasteiger partial charge in [-0.25, -0.2) is 4.98 Å². The molecule has 2 N–H and O–H groups in total. The van der Waals surface area contributed by atoms with Crippen LogP contribution in [0.3, 0.4) is 0 Å². The highest BCUT2D eigenvalue weighted by Crippen LogP contribution is 2.24. The van der Waals surface area contributed by atoms with Gasteiger partial charge in [-0.15, -0.1) is 0 Å². The third-order valence-electron chi connectivity index (χ3n) is 4.69. The molecule has 0 atom stereocenters. The van der Waals surface area contributed by atoms with Gasteiger partial charge in [0.2, 0.25) is 5.95 Å². The summed E-state index contributed by atoms with van der Waals surface area (Å²) in [5, 5.41) is 6.30. The molecule has 7 heteroatoms. The van der Waals surface area contributed by atoms with Crippen LogP contribution in [0.4, 0.5) is 17.5 Å². The van der Waals surface area contributed by atoms with Crippen LogP contribution >= 0.6 is 0 Å². The van der Waals surface area contributed by atoms with Crippen LogP contribution in [0.5, 0.6) is 5.75 Å². The molecule has 1 aromatic carbocycles. The lowest BCUT2D eigenvalue weighted by Gasteiger charge is -2.30. The predicted octanol–water partition coefficient (Wildman–Crippen LogP) is 2.18. The summed E-state index contributed by atoms with van der Waals surface area (Å²) in [5.41, 5.74) is 2.61. The number of ether oxygens (including phenoxy) is 1. The molecule has 3 rings (SSSR count). The summed E-state index contributed by atoms with van der Waals surface area (Å²) in [6.07, 6.45) is 0. The second-order valence-corrected chi connectivity index (χ2v) is 6.89. The van der Waals surface area contributed by atoms with Gasteiger partial charge in [-0.05, 0) is 32.2 Å². The minimum atomic E-state index is 0.547. The fourth-order valence-electron chi connectivity index (χ4n) is 3.02. The second-order valence-electron chi connectivity index (χ2n) is 6.89. The van der Waals surface area contributed by atoms with E-state index < -0.39 is 0 Å². The van der Waals surface area contributed by atoms with Crippen molar-refractivity contribution in [3.8, 4) is 17.6 Å². The molecule has 1 saturated heterocycles. The van der Waals surface area contributed by atoms with Gasteiger partial charge in [0.05, 0.1) is 19.2 Å². The number of nitrogens with one attached hydrogen (secondary N) is 2. The Morgan fingerprint density at radius 1 is 1.14 bits per heavy atom. The van der Waals surface area contributed by atoms with Crippen molar-refractivity contribution >= 4 is 17.5 Å². The first kappa shape index (κ1) is 19.9. The number of aryl methyl sites for hydroxylation is 1. The van der Waals surface area contributed by atoms with E-state index in [4.69, 9.17) is 4.74 Å². The number of likely N-dealkylation sites (N-methyl/N-ethyl adjacent to an activating group) is 1. The van der Waals surface area contributed by atoms with Crippen molar-refractivity contribution < 1.29 is 4.74 Å². The highest BCUT2D eigenvalue weighted by molar-refractivity contribution is 5.62. The Bertz CT molecular complexity index is 865. The number of piperazine rings is 1. The fourth-order valence-corrected chi connectivity index (χ4v) is 3.02. The topological polar surface area (TPSA) is 65.6 Å². The molecule has 148 valence electrons. The highest BCUT2D eigenvalue weighted by Gasteiger charge is 2.12. The minimum absolute atomic E-state index is 0.547. The molecule has 2 heterocycles. The summed E-state index contributed by atoms with van der Waals surface area (Å²) in [6, 6.07) is 7.72. The summed E-state index contributed by atoms with van der Waals surface area (Å²) in [7, 11) is 5.66. The standard InChI is InChI=1S/C21H28N6O/c1-16-14-20(22-2)25-21(23-16)24-18-7-8-19(28-4)17(15-18)6-5-9-27-12-10-26(3)11-13-27/h7-8,14-15H,9-13H2,1-4H3,(H2,22,23,24,25). The van der Waals surface area contributed by atoms with E-state index in [1.165, 1.54) is 0 Å². The number of hydrogen-bond donors (Lipinski definition) is 2. The highest BCUT2D eigenvalue weighted by atomic mass is 16.5. The lowest BCUT2D eigenvalue weighted by Crippen LogP contribution is -2.44. The quantitative estimate of drug-likeness (QED) is 0.771. The van der Waals surface area contributed by atoms with Gasteiger partial charge in [0.25, 0.3) is 0 Å². The summed E-state index contributed by atoms with van der Waals surface area (Å²) in [5.74, 6) is 8.63. The summed E-state index contributed by atoms with van der Waals surface area (Å²) in [4.78, 5) is 13.6. The summed E-state index contributed by atoms with van der Waals surface area (Å²) >= 11 is 0. The van der Waals surface area contributed by atoms with Crippen LogP contribution in [0, 0.1) is 18.8 Å². The van der Waals surface area contributed by atoms with Gasteiger partial charge < -0.3 is 20.3 Å². The summed E-state index contributed by atoms with van der Waals surface area (Å²) < 4.78 is 5.47. The van der Waals surface area contributed by atoms with Crippen molar-refractivity contribution in [3.05, 3.63) is 35.5 Å². The Kier molecular flexibility index (Phi) is 6.69. The van der Waals surface area contributed by atoms with Gasteiger partial charge in [0, 0.05) is 50.7 Å². The van der Waals surface area contributed by atoms with Gasteiger partial charge in [-0.1, -0.05) is 11.8 Å². The molecule has 1 aliphatic heterocycles. The maximum atomic E-state index is 5.47. The number of aromatic nitrogens is 2. The molecule has 0 radical (unpaired) electrons. The molecule has 0 saturated carbocycles. The van der Waals surface area contributed by atoms with Crippen molar-refractivity contribution in [3.63, 3.8) is 0 Å². The third-order valence-corrected chi connectivity index (χ3v) is 4.69. The molecule has 1 aromatic heterocycles. The van der Waals surface area contributed by atoms with Crippen molar-refractivity contribution in [2.45, 2.75) is 6.92 Å². The third kappa shape index (κ3) is 5.35. The van der Waals surface area contributed by atoms with E-state index in [1.807, 2.05) is 38.2 Å². The van der Waals surface area contributed by atoms with E-state index in [1.54, 1.807) is 7.11 Å². The zero-order valence-electron chi connectivity index (χ0n) is 17.0. The maximum Gasteiger partial charge on any atom is 0.229 e. The van der Waals surface area contributed by atoms with E-state index in [0.29, 0.717) is 5.95 Å². The average molecular weight is 380 g/mol. The first-order chi connectivity index (χ1) is 13.6. The van der Waals surface area contributed by atoms with E-state index in [9.17, 15) is 0 Å². The smallest absolute Gasteiger partial charge is 0.229 e. The first-order valence-electron chi connectivity index (χ1n) is 9.45. The van der Waals surface area contributed by atoms with Crippen LogP contribution in [-0.4, -0.2) is 73.7 Å². The largest absolute Gasteiger partial charge is 0.495 e. The van der Waals surface area contributed by atoms with Gasteiger partial charge >= 0.3 is 0 Å². The molecule has 1 aliphatic rings. The van der Waals surface area contributed by atoms with Crippen molar-refractivity contribution in [1.82, 2.24) is 19.8 Å². The number of methoxy groups -OCH3 is 1. The van der Waals surface area contributed by atoms with Crippen molar-refractivity contribution in [2.24, 2.45) is 0 Å². The van der Waals surface area contributed by atoms with E-state index in [-0.39, 0.29) is 0 Å². The fraction of sp³-hybridized carbons (Fsp3) is 0.429. The van der Waals surface area contributed by atoms with E-state index in [0.717, 1.165) is 61.2 Å². The molecule has 2 aromatic rings. The number of anilines is 3.